The van der Waals surface area contributed by atoms with Crippen LogP contribution in [0.2, 0.25) is 0 Å². The van der Waals surface area contributed by atoms with Gasteiger partial charge in [0.15, 0.2) is 0 Å². The van der Waals surface area contributed by atoms with Crippen LogP contribution in [0, 0.1) is 6.92 Å². The van der Waals surface area contributed by atoms with Gasteiger partial charge in [-0.15, -0.1) is 0 Å². The van der Waals surface area contributed by atoms with Gasteiger partial charge in [-0.2, -0.15) is 0 Å². The van der Waals surface area contributed by atoms with Gasteiger partial charge in [0.1, 0.15) is 0 Å². The summed E-state index contributed by atoms with van der Waals surface area (Å²) in [6.07, 6.45) is 3.65. The van der Waals surface area contributed by atoms with Crippen LogP contribution < -0.4 is 31.1 Å². The summed E-state index contributed by atoms with van der Waals surface area (Å²) < 4.78 is 0. The summed E-state index contributed by atoms with van der Waals surface area (Å²) in [7, 11) is 0. The molecule has 3 nitrogen and oxygen atoms in total. The lowest BCUT2D eigenvalue weighted by Crippen LogP contribution is -2.61. The van der Waals surface area contributed by atoms with Crippen molar-refractivity contribution in [2.45, 2.75) is 96.9 Å². The smallest absolute Gasteiger partial charge is 0.252 e. The Balaban J connectivity index is 1.23. The molecule has 3 aliphatic heterocycles. The lowest BCUT2D eigenvalue weighted by molar-refractivity contribution is 0.330. The van der Waals surface area contributed by atoms with E-state index in [1.54, 1.807) is 0 Å². The lowest BCUT2D eigenvalue weighted by atomic mass is 9.33. The van der Waals surface area contributed by atoms with Gasteiger partial charge in [-0.3, -0.25) is 0 Å². The van der Waals surface area contributed by atoms with Crippen molar-refractivity contribution >= 4 is 68.6 Å². The molecule has 2 unspecified atom stereocenters. The van der Waals surface area contributed by atoms with Crippen molar-refractivity contribution < 1.29 is 0 Å². The monoisotopic (exact) mass is 717 g/mol. The summed E-state index contributed by atoms with van der Waals surface area (Å²) in [4.78, 5) is 7.82. The average Bonchev–Trinajstić information content (AvgIpc) is 3.58. The Morgan fingerprint density at radius 3 is 1.85 bits per heavy atom. The Hall–Kier alpha value is -5.22. The van der Waals surface area contributed by atoms with Gasteiger partial charge in [0.05, 0.1) is 5.54 Å². The topological polar surface area (TPSA) is 9.72 Å². The van der Waals surface area contributed by atoms with E-state index in [1.165, 1.54) is 103 Å². The minimum absolute atomic E-state index is 0.00347. The summed E-state index contributed by atoms with van der Waals surface area (Å²) in [5, 5.41) is 0. The lowest BCUT2D eigenvalue weighted by Gasteiger charge is -2.46. The van der Waals surface area contributed by atoms with Crippen LogP contribution in [-0.2, 0) is 10.8 Å². The van der Waals surface area contributed by atoms with Crippen LogP contribution in [0.3, 0.4) is 0 Å². The Bertz CT molecular complexity index is 2490. The molecule has 0 radical (unpaired) electrons. The predicted molar refractivity (Wildman–Crippen MR) is 236 cm³/mol. The van der Waals surface area contributed by atoms with E-state index in [0.29, 0.717) is 5.92 Å². The molecule has 274 valence electrons. The molecule has 0 spiro atoms. The maximum absolute atomic E-state index is 2.71. The predicted octanol–water partition coefficient (Wildman–Crippen LogP) is 11.9. The molecular formula is C51H52BN3. The number of nitrogens with zero attached hydrogens (tertiary/aromatic N) is 3. The van der Waals surface area contributed by atoms with E-state index in [2.05, 4.69) is 197 Å². The molecule has 55 heavy (non-hydrogen) atoms. The zero-order valence-electron chi connectivity index (χ0n) is 33.7. The fourth-order valence-corrected chi connectivity index (χ4v) is 10.8. The Kier molecular flexibility index (Phi) is 7.41. The van der Waals surface area contributed by atoms with Crippen molar-refractivity contribution in [2.75, 3.05) is 14.7 Å². The molecule has 0 saturated heterocycles. The molecule has 0 bridgehead atoms. The molecule has 4 aliphatic rings. The van der Waals surface area contributed by atoms with E-state index < -0.39 is 0 Å². The number of aryl methyl sites for hydroxylation is 1. The third kappa shape index (κ3) is 4.82. The van der Waals surface area contributed by atoms with Gasteiger partial charge in [-0.05, 0) is 137 Å². The summed E-state index contributed by atoms with van der Waals surface area (Å²) in [5.74, 6) is 0.484. The van der Waals surface area contributed by atoms with Gasteiger partial charge in [0.2, 0.25) is 0 Å². The van der Waals surface area contributed by atoms with Gasteiger partial charge in [-0.25, -0.2) is 0 Å². The number of benzene rings is 6. The zero-order valence-corrected chi connectivity index (χ0v) is 33.7. The quantitative estimate of drug-likeness (QED) is 0.168. The van der Waals surface area contributed by atoms with Gasteiger partial charge < -0.3 is 14.7 Å². The van der Waals surface area contributed by atoms with E-state index in [0.717, 1.165) is 0 Å². The highest BCUT2D eigenvalue weighted by Gasteiger charge is 2.59. The normalized spacial score (nSPS) is 20.7. The van der Waals surface area contributed by atoms with Crippen LogP contribution >= 0.6 is 0 Å². The first kappa shape index (κ1) is 34.3. The molecular weight excluding hydrogens is 665 g/mol. The highest BCUT2D eigenvalue weighted by atomic mass is 15.3. The van der Waals surface area contributed by atoms with E-state index in [9.17, 15) is 0 Å². The summed E-state index contributed by atoms with van der Waals surface area (Å²) in [5.41, 5.74) is 19.8. The molecule has 1 fully saturated rings. The average molecular weight is 718 g/mol. The molecule has 10 rings (SSSR count). The first-order valence-electron chi connectivity index (χ1n) is 20.5. The third-order valence-corrected chi connectivity index (χ3v) is 13.9. The van der Waals surface area contributed by atoms with Gasteiger partial charge in [0.25, 0.3) is 6.71 Å². The van der Waals surface area contributed by atoms with Crippen molar-refractivity contribution in [1.82, 2.24) is 0 Å². The van der Waals surface area contributed by atoms with Crippen molar-refractivity contribution in [2.24, 2.45) is 0 Å². The van der Waals surface area contributed by atoms with Crippen LogP contribution in [0.1, 0.15) is 95.9 Å². The minimum atomic E-state index is 0.00347. The first-order chi connectivity index (χ1) is 26.4. The van der Waals surface area contributed by atoms with Crippen molar-refractivity contribution in [3.05, 3.63) is 150 Å². The maximum Gasteiger partial charge on any atom is 0.252 e. The summed E-state index contributed by atoms with van der Waals surface area (Å²) >= 11 is 0. The molecule has 0 aromatic heterocycles. The van der Waals surface area contributed by atoms with E-state index in [-0.39, 0.29) is 23.1 Å². The van der Waals surface area contributed by atoms with Crippen molar-refractivity contribution in [3.8, 4) is 0 Å². The molecule has 3 heterocycles. The number of fused-ring (bicyclic) bond motifs is 7. The molecule has 0 N–H and O–H groups in total. The highest BCUT2D eigenvalue weighted by molar-refractivity contribution is 7.00. The minimum Gasteiger partial charge on any atom is -0.334 e. The van der Waals surface area contributed by atoms with E-state index >= 15 is 0 Å². The van der Waals surface area contributed by atoms with Crippen LogP contribution in [0.4, 0.5) is 45.5 Å². The highest BCUT2D eigenvalue weighted by Crippen LogP contribution is 2.62. The third-order valence-electron chi connectivity index (χ3n) is 13.9. The SMILES string of the molecule is Cc1cc2c3c(c1)N(c1ccc(C(C)(C)C)cc1)c1cc(N4c5ccccc5C5(C)CCCC45C)ccc1B3c1ccccc1N2c1ccc(C(C)C)cc1. The Morgan fingerprint density at radius 2 is 1.18 bits per heavy atom. The second-order valence-corrected chi connectivity index (χ2v) is 18.5. The van der Waals surface area contributed by atoms with Gasteiger partial charge in [-0.1, -0.05) is 115 Å². The molecule has 2 atom stereocenters. The first-order valence-corrected chi connectivity index (χ1v) is 20.5. The standard InChI is InChI=1S/C51H52BN3/c1-33(2)35-18-22-37(23-19-35)53-44-17-12-10-15-41(44)52-42-27-26-39(55-43-16-11-9-14-40(43)50(7)28-13-29-51(50,55)8)32-45(42)54(47-31-34(3)30-46(53)48(47)52)38-24-20-36(21-25-38)49(4,5)6/h9-12,14-27,30-33H,13,28-29H2,1-8H3. The molecule has 1 saturated carbocycles. The molecule has 1 aliphatic carbocycles. The van der Waals surface area contributed by atoms with Crippen LogP contribution in [0.15, 0.2) is 127 Å². The summed E-state index contributed by atoms with van der Waals surface area (Å²) in [6.45, 7) is 18.9. The van der Waals surface area contributed by atoms with E-state index in [1.807, 2.05) is 0 Å². The fourth-order valence-electron chi connectivity index (χ4n) is 10.8. The largest absolute Gasteiger partial charge is 0.334 e. The zero-order chi connectivity index (χ0) is 38.0. The van der Waals surface area contributed by atoms with E-state index in [4.69, 9.17) is 0 Å². The number of anilines is 8. The number of hydrogen-bond donors (Lipinski definition) is 0. The summed E-state index contributed by atoms with van der Waals surface area (Å²) in [6, 6.07) is 49.3. The second kappa shape index (κ2) is 11.9. The van der Waals surface area contributed by atoms with Crippen LogP contribution in [0.5, 0.6) is 0 Å². The molecule has 4 heteroatoms. The van der Waals surface area contributed by atoms with Gasteiger partial charge >= 0.3 is 0 Å². The second-order valence-electron chi connectivity index (χ2n) is 18.5. The maximum atomic E-state index is 2.71. The molecule has 6 aromatic rings. The van der Waals surface area contributed by atoms with Gasteiger partial charge in [0, 0.05) is 50.9 Å². The number of para-hydroxylation sites is 2. The Labute approximate surface area is 328 Å². The molecule has 6 aromatic carbocycles. The van der Waals surface area contributed by atoms with Crippen molar-refractivity contribution in [3.63, 3.8) is 0 Å². The van der Waals surface area contributed by atoms with Crippen LogP contribution in [-0.4, -0.2) is 12.3 Å². The van der Waals surface area contributed by atoms with Crippen LogP contribution in [0.25, 0.3) is 0 Å². The Morgan fingerprint density at radius 1 is 0.600 bits per heavy atom. The number of hydrogen-bond acceptors (Lipinski definition) is 3. The number of rotatable bonds is 4. The van der Waals surface area contributed by atoms with Crippen molar-refractivity contribution in [1.29, 1.82) is 0 Å². The fraction of sp³-hybridized carbons (Fsp3) is 0.294. The molecule has 0 amide bonds.